The standard InChI is InChI=1S/C27H28F3N5O/c1-19-5-6-21(16-20(19)7-9-23(32)4-3-11-31)26(36)33-24-10-8-22(25(17-24)27(28,29)30)18-35-14-12-34(2)13-15-35/h3-6,8,10-11,16-17,31-32H,12-15,18H2,1-2H3,(H,33,36)/b4-3-,31-11?,32-23?. The molecular formula is C27H28F3N5O. The minimum atomic E-state index is -4.55. The summed E-state index contributed by atoms with van der Waals surface area (Å²) in [4.78, 5) is 17.0. The molecule has 0 aliphatic carbocycles. The molecule has 1 saturated heterocycles. The van der Waals surface area contributed by atoms with Crippen LogP contribution in [-0.4, -0.2) is 60.9 Å². The molecule has 0 atom stereocenters. The number of carbonyl (C=O) groups excluding carboxylic acids is 1. The molecule has 0 radical (unpaired) electrons. The molecule has 3 N–H and O–H groups in total. The zero-order valence-corrected chi connectivity index (χ0v) is 20.2. The van der Waals surface area contributed by atoms with Crippen LogP contribution in [0.5, 0.6) is 0 Å². The normalized spacial score (nSPS) is 14.8. The summed E-state index contributed by atoms with van der Waals surface area (Å²) in [6, 6.07) is 8.70. The first-order valence-corrected chi connectivity index (χ1v) is 11.4. The van der Waals surface area contributed by atoms with Gasteiger partial charge in [-0.15, -0.1) is 0 Å². The van der Waals surface area contributed by atoms with Crippen LogP contribution < -0.4 is 5.32 Å². The molecule has 1 amide bonds. The quantitative estimate of drug-likeness (QED) is 0.405. The fourth-order valence-corrected chi connectivity index (χ4v) is 3.72. The van der Waals surface area contributed by atoms with Gasteiger partial charge in [-0.3, -0.25) is 15.1 Å². The fraction of sp³-hybridized carbons (Fsp3) is 0.296. The van der Waals surface area contributed by atoms with Gasteiger partial charge in [-0.25, -0.2) is 0 Å². The van der Waals surface area contributed by atoms with Crippen molar-refractivity contribution < 1.29 is 18.0 Å². The molecular weight excluding hydrogens is 467 g/mol. The van der Waals surface area contributed by atoms with E-state index in [2.05, 4.69) is 22.1 Å². The van der Waals surface area contributed by atoms with Gasteiger partial charge in [0.15, 0.2) is 0 Å². The van der Waals surface area contributed by atoms with Crippen molar-refractivity contribution in [3.05, 3.63) is 76.4 Å². The van der Waals surface area contributed by atoms with Crippen LogP contribution in [0.4, 0.5) is 18.9 Å². The lowest BCUT2D eigenvalue weighted by Gasteiger charge is -2.33. The number of nitrogens with zero attached hydrogens (tertiary/aromatic N) is 2. The predicted octanol–water partition coefficient (Wildman–Crippen LogP) is 4.59. The lowest BCUT2D eigenvalue weighted by molar-refractivity contribution is -0.138. The predicted molar refractivity (Wildman–Crippen MR) is 136 cm³/mol. The molecule has 0 bridgehead atoms. The number of benzene rings is 2. The van der Waals surface area contributed by atoms with Crippen LogP contribution in [0, 0.1) is 29.6 Å². The largest absolute Gasteiger partial charge is 0.416 e. The van der Waals surface area contributed by atoms with E-state index < -0.39 is 17.6 Å². The van der Waals surface area contributed by atoms with Gasteiger partial charge in [-0.2, -0.15) is 13.2 Å². The Hall–Kier alpha value is -3.74. The number of rotatable bonds is 6. The molecule has 36 heavy (non-hydrogen) atoms. The van der Waals surface area contributed by atoms with Crippen molar-refractivity contribution >= 4 is 23.5 Å². The molecule has 0 unspecified atom stereocenters. The van der Waals surface area contributed by atoms with Crippen molar-refractivity contribution in [2.45, 2.75) is 19.6 Å². The van der Waals surface area contributed by atoms with Gasteiger partial charge in [0.25, 0.3) is 5.91 Å². The number of likely N-dealkylation sites (N-methyl/N-ethyl adjacent to an activating group) is 1. The number of alkyl halides is 3. The van der Waals surface area contributed by atoms with E-state index >= 15 is 0 Å². The first kappa shape index (κ1) is 26.9. The monoisotopic (exact) mass is 495 g/mol. The second-order valence-electron chi connectivity index (χ2n) is 8.62. The summed E-state index contributed by atoms with van der Waals surface area (Å²) in [5.74, 6) is 4.90. The van der Waals surface area contributed by atoms with Gasteiger partial charge in [0.2, 0.25) is 0 Å². The molecule has 6 nitrogen and oxygen atoms in total. The molecule has 1 aliphatic rings. The maximum absolute atomic E-state index is 13.8. The third-order valence-corrected chi connectivity index (χ3v) is 5.85. The number of hydrogen-bond donors (Lipinski definition) is 3. The number of nitrogens with one attached hydrogen (secondary N) is 3. The summed E-state index contributed by atoms with van der Waals surface area (Å²) in [6.45, 7) is 5.01. The van der Waals surface area contributed by atoms with Crippen molar-refractivity contribution in [3.8, 4) is 11.8 Å². The Morgan fingerprint density at radius 2 is 1.86 bits per heavy atom. The smallest absolute Gasteiger partial charge is 0.322 e. The molecule has 1 aliphatic heterocycles. The third kappa shape index (κ3) is 7.38. The maximum Gasteiger partial charge on any atom is 0.416 e. The SMILES string of the molecule is Cc1ccc(C(=O)Nc2ccc(CN3CCN(C)CC3)c(C(F)(F)F)c2)cc1C#CC(=N)/C=C\C=N. The van der Waals surface area contributed by atoms with Gasteiger partial charge in [-0.1, -0.05) is 18.1 Å². The second kappa shape index (κ2) is 11.8. The van der Waals surface area contributed by atoms with Crippen LogP contribution >= 0.6 is 0 Å². The summed E-state index contributed by atoms with van der Waals surface area (Å²) in [5, 5.41) is 17.2. The van der Waals surface area contributed by atoms with Crippen LogP contribution in [0.3, 0.4) is 0 Å². The lowest BCUT2D eigenvalue weighted by atomic mass is 10.0. The van der Waals surface area contributed by atoms with Crippen molar-refractivity contribution in [3.63, 3.8) is 0 Å². The molecule has 9 heteroatoms. The summed E-state index contributed by atoms with van der Waals surface area (Å²) >= 11 is 0. The number of amides is 1. The third-order valence-electron chi connectivity index (χ3n) is 5.85. The van der Waals surface area contributed by atoms with E-state index in [1.165, 1.54) is 30.4 Å². The molecule has 3 rings (SSSR count). The van der Waals surface area contributed by atoms with Gasteiger partial charge in [0.1, 0.15) is 5.71 Å². The topological polar surface area (TPSA) is 83.3 Å². The van der Waals surface area contributed by atoms with Crippen LogP contribution in [0.25, 0.3) is 0 Å². The van der Waals surface area contributed by atoms with Crippen molar-refractivity contribution in [2.75, 3.05) is 38.5 Å². The van der Waals surface area contributed by atoms with Crippen LogP contribution in [0.1, 0.15) is 32.6 Å². The zero-order valence-electron chi connectivity index (χ0n) is 20.2. The van der Waals surface area contributed by atoms with Crippen LogP contribution in [-0.2, 0) is 12.7 Å². The molecule has 0 saturated carbocycles. The molecule has 1 fully saturated rings. The summed E-state index contributed by atoms with van der Waals surface area (Å²) in [7, 11) is 1.99. The Morgan fingerprint density at radius 1 is 1.14 bits per heavy atom. The Kier molecular flexibility index (Phi) is 8.80. The number of anilines is 1. The van der Waals surface area contributed by atoms with E-state index in [4.69, 9.17) is 10.8 Å². The maximum atomic E-state index is 13.8. The molecule has 2 aromatic rings. The van der Waals surface area contributed by atoms with E-state index in [9.17, 15) is 18.0 Å². The number of carbonyl (C=O) groups is 1. The number of allylic oxidation sites excluding steroid dienone is 2. The minimum Gasteiger partial charge on any atom is -0.322 e. The van der Waals surface area contributed by atoms with Gasteiger partial charge >= 0.3 is 6.18 Å². The van der Waals surface area contributed by atoms with Crippen LogP contribution in [0.15, 0.2) is 48.6 Å². The molecule has 1 heterocycles. The molecule has 2 aromatic carbocycles. The molecule has 0 aromatic heterocycles. The average molecular weight is 496 g/mol. The highest BCUT2D eigenvalue weighted by Crippen LogP contribution is 2.34. The Labute approximate surface area is 208 Å². The number of hydrogen-bond acceptors (Lipinski definition) is 5. The van der Waals surface area contributed by atoms with E-state index in [1.807, 2.05) is 11.9 Å². The van der Waals surface area contributed by atoms with Crippen LogP contribution in [0.2, 0.25) is 0 Å². The van der Waals surface area contributed by atoms with Gasteiger partial charge in [0.05, 0.1) is 5.56 Å². The van der Waals surface area contributed by atoms with Gasteiger partial charge in [-0.05, 0) is 67.4 Å². The lowest BCUT2D eigenvalue weighted by Crippen LogP contribution is -2.44. The Morgan fingerprint density at radius 3 is 2.53 bits per heavy atom. The summed E-state index contributed by atoms with van der Waals surface area (Å²) < 4.78 is 41.5. The highest BCUT2D eigenvalue weighted by Gasteiger charge is 2.34. The van der Waals surface area contributed by atoms with E-state index in [0.29, 0.717) is 18.7 Å². The van der Waals surface area contributed by atoms with Crippen molar-refractivity contribution in [1.82, 2.24) is 9.80 Å². The highest BCUT2D eigenvalue weighted by molar-refractivity contribution is 6.08. The Bertz CT molecular complexity index is 1230. The number of halogens is 3. The summed E-state index contributed by atoms with van der Waals surface area (Å²) in [5.41, 5.74) is 1.03. The van der Waals surface area contributed by atoms with E-state index in [0.717, 1.165) is 30.9 Å². The van der Waals surface area contributed by atoms with Gasteiger partial charge < -0.3 is 15.6 Å². The fourth-order valence-electron chi connectivity index (χ4n) is 3.72. The van der Waals surface area contributed by atoms with Crippen molar-refractivity contribution in [1.29, 1.82) is 10.8 Å². The van der Waals surface area contributed by atoms with Crippen molar-refractivity contribution in [2.24, 2.45) is 0 Å². The first-order valence-electron chi connectivity index (χ1n) is 11.4. The minimum absolute atomic E-state index is 0.00379. The Balaban J connectivity index is 1.79. The van der Waals surface area contributed by atoms with E-state index in [-0.39, 0.29) is 29.1 Å². The average Bonchev–Trinajstić information content (AvgIpc) is 2.83. The second-order valence-corrected chi connectivity index (χ2v) is 8.62. The molecule has 0 spiro atoms. The van der Waals surface area contributed by atoms with E-state index in [1.54, 1.807) is 19.1 Å². The zero-order chi connectivity index (χ0) is 26.3. The number of piperazine rings is 1. The van der Waals surface area contributed by atoms with Gasteiger partial charge in [0, 0.05) is 55.8 Å². The molecule has 188 valence electrons. The number of aryl methyl sites for hydroxylation is 1. The summed E-state index contributed by atoms with van der Waals surface area (Å²) in [6.07, 6.45) is -0.766. The first-order chi connectivity index (χ1) is 17.1. The highest BCUT2D eigenvalue weighted by atomic mass is 19.4.